The topological polar surface area (TPSA) is 122 Å². The SMILES string of the molecule is CCNc1ncc([N+](=O)[O-])c(NC(CCO)COC)n1. The average Bonchev–Trinajstić information content (AvgIpc) is 2.39. The Labute approximate surface area is 116 Å². The molecule has 9 heteroatoms. The number of methoxy groups -OCH3 is 1. The lowest BCUT2D eigenvalue weighted by Crippen LogP contribution is -2.27. The van der Waals surface area contributed by atoms with E-state index in [1.165, 1.54) is 7.11 Å². The number of rotatable bonds is 9. The molecule has 9 nitrogen and oxygen atoms in total. The van der Waals surface area contributed by atoms with Gasteiger partial charge in [-0.2, -0.15) is 4.98 Å². The van der Waals surface area contributed by atoms with Gasteiger partial charge in [-0.25, -0.2) is 4.98 Å². The summed E-state index contributed by atoms with van der Waals surface area (Å²) in [4.78, 5) is 18.4. The highest BCUT2D eigenvalue weighted by molar-refractivity contribution is 5.57. The number of aromatic nitrogens is 2. The molecule has 0 aliphatic carbocycles. The van der Waals surface area contributed by atoms with Gasteiger partial charge in [0.1, 0.15) is 6.20 Å². The van der Waals surface area contributed by atoms with Crippen LogP contribution in [0.15, 0.2) is 6.20 Å². The number of nitrogens with zero attached hydrogens (tertiary/aromatic N) is 3. The van der Waals surface area contributed by atoms with Crippen LogP contribution >= 0.6 is 0 Å². The number of anilines is 2. The van der Waals surface area contributed by atoms with Crippen molar-refractivity contribution < 1.29 is 14.8 Å². The minimum Gasteiger partial charge on any atom is -0.396 e. The molecule has 0 amide bonds. The summed E-state index contributed by atoms with van der Waals surface area (Å²) >= 11 is 0. The second-order valence-corrected chi connectivity index (χ2v) is 4.02. The minimum atomic E-state index is -0.555. The van der Waals surface area contributed by atoms with E-state index in [9.17, 15) is 10.1 Å². The summed E-state index contributed by atoms with van der Waals surface area (Å²) in [5, 5.41) is 25.8. The van der Waals surface area contributed by atoms with E-state index in [4.69, 9.17) is 9.84 Å². The molecule has 0 aliphatic rings. The molecule has 1 aromatic heterocycles. The Morgan fingerprint density at radius 1 is 1.60 bits per heavy atom. The molecule has 0 aliphatic heterocycles. The van der Waals surface area contributed by atoms with Crippen molar-refractivity contribution in [1.82, 2.24) is 9.97 Å². The molecule has 0 bridgehead atoms. The molecule has 0 saturated carbocycles. The van der Waals surface area contributed by atoms with Crippen LogP contribution in [-0.2, 0) is 4.74 Å². The molecular formula is C11H19N5O4. The number of nitrogens with one attached hydrogen (secondary N) is 2. The summed E-state index contributed by atoms with van der Waals surface area (Å²) in [6, 6.07) is -0.270. The lowest BCUT2D eigenvalue weighted by atomic mass is 10.2. The highest BCUT2D eigenvalue weighted by Gasteiger charge is 2.20. The van der Waals surface area contributed by atoms with Gasteiger partial charge in [-0.1, -0.05) is 0 Å². The zero-order valence-corrected chi connectivity index (χ0v) is 11.5. The van der Waals surface area contributed by atoms with Gasteiger partial charge in [-0.15, -0.1) is 0 Å². The summed E-state index contributed by atoms with van der Waals surface area (Å²) in [5.41, 5.74) is -0.217. The third-order valence-corrected chi connectivity index (χ3v) is 2.49. The predicted octanol–water partition coefficient (Wildman–Crippen LogP) is 0.626. The van der Waals surface area contributed by atoms with E-state index in [-0.39, 0.29) is 24.2 Å². The molecule has 0 saturated heterocycles. The highest BCUT2D eigenvalue weighted by atomic mass is 16.6. The molecule has 0 fully saturated rings. The van der Waals surface area contributed by atoms with Gasteiger partial charge in [0.15, 0.2) is 0 Å². The van der Waals surface area contributed by atoms with Gasteiger partial charge in [-0.05, 0) is 13.3 Å². The Kier molecular flexibility index (Phi) is 6.60. The van der Waals surface area contributed by atoms with E-state index >= 15 is 0 Å². The Morgan fingerprint density at radius 2 is 2.35 bits per heavy atom. The van der Waals surface area contributed by atoms with Gasteiger partial charge < -0.3 is 20.5 Å². The van der Waals surface area contributed by atoms with Crippen LogP contribution in [0.2, 0.25) is 0 Å². The number of aliphatic hydroxyl groups excluding tert-OH is 1. The standard InChI is InChI=1S/C11H19N5O4/c1-3-12-11-13-6-9(16(18)19)10(15-11)14-8(4-5-17)7-20-2/h6,8,17H,3-5,7H2,1-2H3,(H2,12,13,14,15). The predicted molar refractivity (Wildman–Crippen MR) is 73.8 cm³/mol. The number of aliphatic hydroxyl groups is 1. The second kappa shape index (κ2) is 8.23. The normalized spacial score (nSPS) is 11.9. The fraction of sp³-hybridized carbons (Fsp3) is 0.636. The fourth-order valence-electron chi connectivity index (χ4n) is 1.61. The van der Waals surface area contributed by atoms with Crippen molar-refractivity contribution in [3.05, 3.63) is 16.3 Å². The van der Waals surface area contributed by atoms with Crippen LogP contribution in [0.5, 0.6) is 0 Å². The number of hydrogen-bond acceptors (Lipinski definition) is 8. The van der Waals surface area contributed by atoms with Crippen molar-refractivity contribution in [3.8, 4) is 0 Å². The summed E-state index contributed by atoms with van der Waals surface area (Å²) in [7, 11) is 1.52. The van der Waals surface area contributed by atoms with Crippen LogP contribution in [-0.4, -0.2) is 52.9 Å². The zero-order chi connectivity index (χ0) is 15.0. The Bertz CT molecular complexity index is 437. The first kappa shape index (κ1) is 16.1. The van der Waals surface area contributed by atoms with Crippen LogP contribution in [0.3, 0.4) is 0 Å². The molecule has 112 valence electrons. The first-order chi connectivity index (χ1) is 9.62. The van der Waals surface area contributed by atoms with Crippen LogP contribution < -0.4 is 10.6 Å². The highest BCUT2D eigenvalue weighted by Crippen LogP contribution is 2.23. The molecule has 1 atom stereocenters. The molecule has 1 heterocycles. The summed E-state index contributed by atoms with van der Waals surface area (Å²) in [6.45, 7) is 2.73. The lowest BCUT2D eigenvalue weighted by Gasteiger charge is -2.17. The molecular weight excluding hydrogens is 266 g/mol. The average molecular weight is 285 g/mol. The Hall–Kier alpha value is -2.00. The van der Waals surface area contributed by atoms with Crippen molar-refractivity contribution >= 4 is 17.5 Å². The molecule has 1 unspecified atom stereocenters. The van der Waals surface area contributed by atoms with Crippen molar-refractivity contribution in [2.24, 2.45) is 0 Å². The second-order valence-electron chi connectivity index (χ2n) is 4.02. The fourth-order valence-corrected chi connectivity index (χ4v) is 1.61. The van der Waals surface area contributed by atoms with Gasteiger partial charge in [0, 0.05) is 20.3 Å². The molecule has 0 radical (unpaired) electrons. The summed E-state index contributed by atoms with van der Waals surface area (Å²) < 4.78 is 5.00. The van der Waals surface area contributed by atoms with E-state index in [0.717, 1.165) is 6.20 Å². The lowest BCUT2D eigenvalue weighted by molar-refractivity contribution is -0.384. The summed E-state index contributed by atoms with van der Waals surface area (Å²) in [5.74, 6) is 0.414. The maximum absolute atomic E-state index is 11.0. The number of hydrogen-bond donors (Lipinski definition) is 3. The first-order valence-electron chi connectivity index (χ1n) is 6.24. The van der Waals surface area contributed by atoms with Crippen molar-refractivity contribution in [2.45, 2.75) is 19.4 Å². The van der Waals surface area contributed by atoms with E-state index < -0.39 is 4.92 Å². The van der Waals surface area contributed by atoms with E-state index in [1.807, 2.05) is 6.92 Å². The Morgan fingerprint density at radius 3 is 2.90 bits per heavy atom. The van der Waals surface area contributed by atoms with Crippen molar-refractivity contribution in [1.29, 1.82) is 0 Å². The monoisotopic (exact) mass is 285 g/mol. The quantitative estimate of drug-likeness (QED) is 0.446. The first-order valence-corrected chi connectivity index (χ1v) is 6.24. The van der Waals surface area contributed by atoms with Gasteiger partial charge in [0.2, 0.25) is 11.8 Å². The van der Waals surface area contributed by atoms with E-state index in [2.05, 4.69) is 20.6 Å². The van der Waals surface area contributed by atoms with E-state index in [1.54, 1.807) is 0 Å². The maximum Gasteiger partial charge on any atom is 0.329 e. The van der Waals surface area contributed by atoms with Crippen LogP contribution in [0.1, 0.15) is 13.3 Å². The molecule has 3 N–H and O–H groups in total. The largest absolute Gasteiger partial charge is 0.396 e. The third-order valence-electron chi connectivity index (χ3n) is 2.49. The van der Waals surface area contributed by atoms with Gasteiger partial charge >= 0.3 is 5.69 Å². The maximum atomic E-state index is 11.0. The van der Waals surface area contributed by atoms with Gasteiger partial charge in [0.05, 0.1) is 17.6 Å². The van der Waals surface area contributed by atoms with Crippen LogP contribution in [0.25, 0.3) is 0 Å². The van der Waals surface area contributed by atoms with Crippen molar-refractivity contribution in [2.75, 3.05) is 37.5 Å². The smallest absolute Gasteiger partial charge is 0.329 e. The van der Waals surface area contributed by atoms with Crippen LogP contribution in [0.4, 0.5) is 17.5 Å². The number of nitro groups is 1. The minimum absolute atomic E-state index is 0.0556. The molecule has 0 aromatic carbocycles. The molecule has 1 aromatic rings. The van der Waals surface area contributed by atoms with E-state index in [0.29, 0.717) is 25.5 Å². The third kappa shape index (κ3) is 4.59. The molecule has 1 rings (SSSR count). The van der Waals surface area contributed by atoms with Gasteiger partial charge in [-0.3, -0.25) is 10.1 Å². The van der Waals surface area contributed by atoms with Gasteiger partial charge in [0.25, 0.3) is 0 Å². The summed E-state index contributed by atoms with van der Waals surface area (Å²) in [6.07, 6.45) is 1.54. The molecule has 0 spiro atoms. The Balaban J connectivity index is 2.98. The van der Waals surface area contributed by atoms with Crippen LogP contribution in [0, 0.1) is 10.1 Å². The molecule has 20 heavy (non-hydrogen) atoms. The van der Waals surface area contributed by atoms with Crippen molar-refractivity contribution in [3.63, 3.8) is 0 Å². The number of ether oxygens (including phenoxy) is 1. The zero-order valence-electron chi connectivity index (χ0n) is 11.5.